The number of aryl methyl sites for hydroxylation is 1. The van der Waals surface area contributed by atoms with E-state index in [4.69, 9.17) is 5.11 Å². The van der Waals surface area contributed by atoms with E-state index in [9.17, 15) is 13.6 Å². The first-order chi connectivity index (χ1) is 9.41. The molecule has 0 radical (unpaired) electrons. The lowest BCUT2D eigenvalue weighted by Crippen LogP contribution is -2.21. The molecule has 1 N–H and O–H groups in total. The minimum atomic E-state index is -1.50. The zero-order chi connectivity index (χ0) is 14.9. The van der Waals surface area contributed by atoms with Gasteiger partial charge in [-0.05, 0) is 12.1 Å². The summed E-state index contributed by atoms with van der Waals surface area (Å²) in [6.07, 6.45) is 3.35. The average molecular weight is 281 g/mol. The van der Waals surface area contributed by atoms with Gasteiger partial charge < -0.3 is 14.6 Å². The van der Waals surface area contributed by atoms with Crippen molar-refractivity contribution in [3.63, 3.8) is 0 Å². The van der Waals surface area contributed by atoms with Gasteiger partial charge in [0.1, 0.15) is 5.82 Å². The topological polar surface area (TPSA) is 58.4 Å². The molecule has 0 aliphatic heterocycles. The van der Waals surface area contributed by atoms with Crippen LogP contribution in [0.1, 0.15) is 16.2 Å². The molecule has 0 atom stereocenters. The van der Waals surface area contributed by atoms with Crippen molar-refractivity contribution in [2.45, 2.75) is 6.54 Å². The number of aromatic carboxylic acids is 1. The molecule has 2 rings (SSSR count). The van der Waals surface area contributed by atoms with Crippen LogP contribution in [0.2, 0.25) is 0 Å². The molecule has 7 heteroatoms. The van der Waals surface area contributed by atoms with Gasteiger partial charge in [0.25, 0.3) is 0 Å². The summed E-state index contributed by atoms with van der Waals surface area (Å²) in [5, 5.41) is 8.73. The molecule has 1 heterocycles. The summed E-state index contributed by atoms with van der Waals surface area (Å²) in [5.41, 5.74) is -0.702. The monoisotopic (exact) mass is 281 g/mol. The molecule has 0 aliphatic rings. The zero-order valence-electron chi connectivity index (χ0n) is 11.0. The van der Waals surface area contributed by atoms with Gasteiger partial charge in [-0.1, -0.05) is 0 Å². The fourth-order valence-corrected chi connectivity index (χ4v) is 1.85. The summed E-state index contributed by atoms with van der Waals surface area (Å²) in [5.74, 6) is -3.36. The van der Waals surface area contributed by atoms with Crippen molar-refractivity contribution in [2.24, 2.45) is 7.05 Å². The maximum atomic E-state index is 13.9. The molecule has 0 bridgehead atoms. The van der Waals surface area contributed by atoms with Crippen LogP contribution in [-0.4, -0.2) is 27.7 Å². The number of halogens is 2. The average Bonchev–Trinajstić information content (AvgIpc) is 2.77. The first-order valence-corrected chi connectivity index (χ1v) is 5.80. The molecule has 1 aromatic carbocycles. The van der Waals surface area contributed by atoms with Crippen molar-refractivity contribution in [3.8, 4) is 0 Å². The van der Waals surface area contributed by atoms with Crippen LogP contribution in [0, 0.1) is 11.6 Å². The molecule has 106 valence electrons. The largest absolute Gasteiger partial charge is 0.478 e. The minimum Gasteiger partial charge on any atom is -0.478 e. The first-order valence-electron chi connectivity index (χ1n) is 5.80. The lowest BCUT2D eigenvalue weighted by atomic mass is 10.1. The molecule has 0 amide bonds. The summed E-state index contributed by atoms with van der Waals surface area (Å²) in [6, 6.07) is 2.29. The Kier molecular flexibility index (Phi) is 3.69. The Morgan fingerprint density at radius 2 is 2.10 bits per heavy atom. The lowest BCUT2D eigenvalue weighted by molar-refractivity contribution is 0.0690. The highest BCUT2D eigenvalue weighted by molar-refractivity contribution is 5.88. The Hall–Kier alpha value is -2.44. The standard InChI is InChI=1S/C13H13F2N3O2/c1-17-6-5-16-10(17)7-18(2)9-4-3-8(13(19)20)11(14)12(9)15/h3-6H,7H2,1-2H3,(H,19,20). The van der Waals surface area contributed by atoms with Gasteiger partial charge in [-0.15, -0.1) is 0 Å². The van der Waals surface area contributed by atoms with Crippen LogP contribution in [0.5, 0.6) is 0 Å². The van der Waals surface area contributed by atoms with E-state index in [2.05, 4.69) is 4.98 Å². The highest BCUT2D eigenvalue weighted by Gasteiger charge is 2.20. The van der Waals surface area contributed by atoms with Crippen LogP contribution < -0.4 is 4.90 Å². The second-order valence-electron chi connectivity index (χ2n) is 4.38. The van der Waals surface area contributed by atoms with Crippen molar-refractivity contribution in [1.29, 1.82) is 0 Å². The molecule has 2 aromatic rings. The second kappa shape index (κ2) is 5.28. The van der Waals surface area contributed by atoms with Crippen molar-refractivity contribution in [3.05, 3.63) is 47.5 Å². The summed E-state index contributed by atoms with van der Waals surface area (Å²) < 4.78 is 29.3. The number of carboxylic acids is 1. The Balaban J connectivity index is 2.31. The number of carbonyl (C=O) groups is 1. The van der Waals surface area contributed by atoms with E-state index in [1.54, 1.807) is 31.1 Å². The van der Waals surface area contributed by atoms with Gasteiger partial charge in [0, 0.05) is 26.5 Å². The Bertz CT molecular complexity index is 655. The van der Waals surface area contributed by atoms with E-state index >= 15 is 0 Å². The number of imidazole rings is 1. The maximum absolute atomic E-state index is 13.9. The minimum absolute atomic E-state index is 0.0181. The number of nitrogens with zero attached hydrogens (tertiary/aromatic N) is 3. The molecular formula is C13H13F2N3O2. The Labute approximate surface area is 114 Å². The van der Waals surface area contributed by atoms with Crippen LogP contribution in [0.3, 0.4) is 0 Å². The van der Waals surface area contributed by atoms with Crippen molar-refractivity contribution < 1.29 is 18.7 Å². The van der Waals surface area contributed by atoms with Gasteiger partial charge >= 0.3 is 5.97 Å². The van der Waals surface area contributed by atoms with Crippen LogP contribution in [0.25, 0.3) is 0 Å². The van der Waals surface area contributed by atoms with Gasteiger partial charge in [0.2, 0.25) is 0 Å². The van der Waals surface area contributed by atoms with Gasteiger partial charge in [0.05, 0.1) is 17.8 Å². The number of hydrogen-bond donors (Lipinski definition) is 1. The third kappa shape index (κ3) is 2.47. The van der Waals surface area contributed by atoms with Gasteiger partial charge in [0.15, 0.2) is 11.6 Å². The molecule has 1 aromatic heterocycles. The van der Waals surface area contributed by atoms with E-state index in [1.165, 1.54) is 11.0 Å². The van der Waals surface area contributed by atoms with Gasteiger partial charge in [-0.3, -0.25) is 0 Å². The Morgan fingerprint density at radius 1 is 1.40 bits per heavy atom. The summed E-state index contributed by atoms with van der Waals surface area (Å²) in [7, 11) is 3.37. The van der Waals surface area contributed by atoms with Crippen LogP contribution in [0.15, 0.2) is 24.5 Å². The number of hydrogen-bond acceptors (Lipinski definition) is 3. The Morgan fingerprint density at radius 3 is 2.65 bits per heavy atom. The van der Waals surface area contributed by atoms with Gasteiger partial charge in [-0.2, -0.15) is 0 Å². The smallest absolute Gasteiger partial charge is 0.338 e. The SMILES string of the molecule is CN(Cc1nccn1C)c1ccc(C(=O)O)c(F)c1F. The molecule has 0 fully saturated rings. The van der Waals surface area contributed by atoms with E-state index < -0.39 is 23.2 Å². The fourth-order valence-electron chi connectivity index (χ4n) is 1.85. The number of anilines is 1. The molecular weight excluding hydrogens is 268 g/mol. The van der Waals surface area contributed by atoms with E-state index in [1.807, 2.05) is 0 Å². The van der Waals surface area contributed by atoms with Crippen molar-refractivity contribution >= 4 is 11.7 Å². The summed E-state index contributed by atoms with van der Waals surface area (Å²) >= 11 is 0. The molecule has 5 nitrogen and oxygen atoms in total. The molecule has 0 aliphatic carbocycles. The van der Waals surface area contributed by atoms with Crippen LogP contribution >= 0.6 is 0 Å². The van der Waals surface area contributed by atoms with E-state index in [0.29, 0.717) is 5.82 Å². The first kappa shape index (κ1) is 14.0. The highest BCUT2D eigenvalue weighted by atomic mass is 19.2. The number of aromatic nitrogens is 2. The predicted molar refractivity (Wildman–Crippen MR) is 68.6 cm³/mol. The van der Waals surface area contributed by atoms with Crippen molar-refractivity contribution in [1.82, 2.24) is 9.55 Å². The summed E-state index contributed by atoms with van der Waals surface area (Å²) in [6.45, 7) is 0.270. The zero-order valence-corrected chi connectivity index (χ0v) is 11.0. The molecule has 20 heavy (non-hydrogen) atoms. The third-order valence-electron chi connectivity index (χ3n) is 3.00. The van der Waals surface area contributed by atoms with Crippen molar-refractivity contribution in [2.75, 3.05) is 11.9 Å². The maximum Gasteiger partial charge on any atom is 0.338 e. The quantitative estimate of drug-likeness (QED) is 0.931. The molecule has 0 spiro atoms. The normalized spacial score (nSPS) is 10.6. The van der Waals surface area contributed by atoms with Gasteiger partial charge in [-0.25, -0.2) is 18.6 Å². The second-order valence-corrected chi connectivity index (χ2v) is 4.38. The van der Waals surface area contributed by atoms with Crippen LogP contribution in [0.4, 0.5) is 14.5 Å². The number of benzene rings is 1. The van der Waals surface area contributed by atoms with E-state index in [0.717, 1.165) is 6.07 Å². The number of carboxylic acid groups (broad SMARTS) is 1. The lowest BCUT2D eigenvalue weighted by Gasteiger charge is -2.20. The number of rotatable bonds is 4. The highest BCUT2D eigenvalue weighted by Crippen LogP contribution is 2.24. The molecule has 0 unspecified atom stereocenters. The fraction of sp³-hybridized carbons (Fsp3) is 0.231. The van der Waals surface area contributed by atoms with Crippen LogP contribution in [-0.2, 0) is 13.6 Å². The predicted octanol–water partition coefficient (Wildman–Crippen LogP) is 2.03. The molecule has 0 saturated heterocycles. The van der Waals surface area contributed by atoms with E-state index in [-0.39, 0.29) is 12.2 Å². The molecule has 0 saturated carbocycles. The summed E-state index contributed by atoms with van der Waals surface area (Å²) in [4.78, 5) is 16.3. The third-order valence-corrected chi connectivity index (χ3v) is 3.00.